The first-order valence-corrected chi connectivity index (χ1v) is 6.04. The topological polar surface area (TPSA) is 24.5 Å². The van der Waals surface area contributed by atoms with E-state index in [1.54, 1.807) is 0 Å². The van der Waals surface area contributed by atoms with Gasteiger partial charge in [0.05, 0.1) is 6.10 Å². The molecule has 0 bridgehead atoms. The predicted octanol–water partition coefficient (Wildman–Crippen LogP) is 1.34. The number of piperidine rings is 1. The standard InChI is InChI=1S/C12H26N2O/c1-9-6-7-14(8-12(9)15-5)11(3)10(2)13-4/h9-13H,6-8H2,1-5H3. The predicted molar refractivity (Wildman–Crippen MR) is 64.1 cm³/mol. The zero-order valence-corrected chi connectivity index (χ0v) is 10.8. The molecule has 0 saturated carbocycles. The van der Waals surface area contributed by atoms with Crippen LogP contribution < -0.4 is 5.32 Å². The molecule has 0 aromatic carbocycles. The summed E-state index contributed by atoms with van der Waals surface area (Å²) in [7, 11) is 3.86. The maximum absolute atomic E-state index is 5.54. The van der Waals surface area contributed by atoms with Crippen molar-refractivity contribution in [1.29, 1.82) is 0 Å². The Hall–Kier alpha value is -0.120. The summed E-state index contributed by atoms with van der Waals surface area (Å²) in [4.78, 5) is 2.54. The fraction of sp³-hybridized carbons (Fsp3) is 1.00. The number of hydrogen-bond acceptors (Lipinski definition) is 3. The summed E-state index contributed by atoms with van der Waals surface area (Å²) in [6, 6.07) is 1.12. The van der Waals surface area contributed by atoms with Crippen molar-refractivity contribution in [1.82, 2.24) is 10.2 Å². The van der Waals surface area contributed by atoms with Crippen molar-refractivity contribution in [2.45, 2.75) is 45.4 Å². The van der Waals surface area contributed by atoms with Crippen LogP contribution in [0.4, 0.5) is 0 Å². The van der Waals surface area contributed by atoms with Gasteiger partial charge in [-0.25, -0.2) is 0 Å². The van der Waals surface area contributed by atoms with Gasteiger partial charge in [-0.15, -0.1) is 0 Å². The van der Waals surface area contributed by atoms with Crippen molar-refractivity contribution in [3.63, 3.8) is 0 Å². The summed E-state index contributed by atoms with van der Waals surface area (Å²) >= 11 is 0. The number of ether oxygens (including phenoxy) is 1. The molecule has 3 heteroatoms. The number of rotatable bonds is 4. The normalized spacial score (nSPS) is 32.6. The van der Waals surface area contributed by atoms with E-state index in [2.05, 4.69) is 31.0 Å². The maximum atomic E-state index is 5.54. The van der Waals surface area contributed by atoms with Gasteiger partial charge >= 0.3 is 0 Å². The zero-order valence-electron chi connectivity index (χ0n) is 10.8. The lowest BCUT2D eigenvalue weighted by Gasteiger charge is -2.41. The number of nitrogens with one attached hydrogen (secondary N) is 1. The van der Waals surface area contributed by atoms with Crippen molar-refractivity contribution in [2.75, 3.05) is 27.2 Å². The molecule has 0 amide bonds. The summed E-state index contributed by atoms with van der Waals surface area (Å²) in [5.74, 6) is 0.698. The van der Waals surface area contributed by atoms with Gasteiger partial charge in [0, 0.05) is 25.7 Å². The van der Waals surface area contributed by atoms with Crippen molar-refractivity contribution in [2.24, 2.45) is 5.92 Å². The fourth-order valence-electron chi connectivity index (χ4n) is 2.29. The molecule has 0 aromatic rings. The van der Waals surface area contributed by atoms with Gasteiger partial charge in [0.2, 0.25) is 0 Å². The van der Waals surface area contributed by atoms with Gasteiger partial charge in [-0.2, -0.15) is 0 Å². The van der Waals surface area contributed by atoms with E-state index in [-0.39, 0.29) is 0 Å². The van der Waals surface area contributed by atoms with E-state index in [9.17, 15) is 0 Å². The Morgan fingerprint density at radius 1 is 1.40 bits per heavy atom. The van der Waals surface area contributed by atoms with Crippen LogP contribution >= 0.6 is 0 Å². The van der Waals surface area contributed by atoms with Crippen molar-refractivity contribution >= 4 is 0 Å². The Bertz CT molecular complexity index is 186. The van der Waals surface area contributed by atoms with Gasteiger partial charge < -0.3 is 10.1 Å². The Labute approximate surface area is 94.2 Å². The molecule has 0 radical (unpaired) electrons. The lowest BCUT2D eigenvalue weighted by Crippen LogP contribution is -2.53. The first-order valence-electron chi connectivity index (χ1n) is 6.04. The molecule has 90 valence electrons. The van der Waals surface area contributed by atoms with Crippen molar-refractivity contribution in [3.8, 4) is 0 Å². The minimum atomic E-state index is 0.408. The van der Waals surface area contributed by atoms with Gasteiger partial charge in [0.15, 0.2) is 0 Å². The third-order valence-corrected chi connectivity index (χ3v) is 3.98. The van der Waals surface area contributed by atoms with Crippen LogP contribution in [0.3, 0.4) is 0 Å². The second-order valence-electron chi connectivity index (χ2n) is 4.85. The highest BCUT2D eigenvalue weighted by Crippen LogP contribution is 2.21. The first kappa shape index (κ1) is 12.9. The van der Waals surface area contributed by atoms with E-state index in [0.29, 0.717) is 24.1 Å². The number of methoxy groups -OCH3 is 1. The van der Waals surface area contributed by atoms with Crippen LogP contribution in [0.15, 0.2) is 0 Å². The van der Waals surface area contributed by atoms with E-state index in [4.69, 9.17) is 4.74 Å². The molecule has 0 spiro atoms. The average molecular weight is 214 g/mol. The van der Waals surface area contributed by atoms with E-state index in [0.717, 1.165) is 6.54 Å². The highest BCUT2D eigenvalue weighted by molar-refractivity contribution is 4.85. The Balaban J connectivity index is 2.50. The summed E-state index contributed by atoms with van der Waals surface area (Å²) in [6.45, 7) is 9.10. The minimum absolute atomic E-state index is 0.408. The highest BCUT2D eigenvalue weighted by Gasteiger charge is 2.29. The zero-order chi connectivity index (χ0) is 11.4. The van der Waals surface area contributed by atoms with E-state index < -0.39 is 0 Å². The molecule has 1 aliphatic rings. The van der Waals surface area contributed by atoms with Crippen LogP contribution in [0.1, 0.15) is 27.2 Å². The summed E-state index contributed by atoms with van der Waals surface area (Å²) in [5.41, 5.74) is 0. The first-order chi connectivity index (χ1) is 7.10. The van der Waals surface area contributed by atoms with Gasteiger partial charge in [-0.3, -0.25) is 4.90 Å². The molecule has 0 aliphatic carbocycles. The number of nitrogens with zero attached hydrogens (tertiary/aromatic N) is 1. The molecule has 1 aliphatic heterocycles. The fourth-order valence-corrected chi connectivity index (χ4v) is 2.29. The van der Waals surface area contributed by atoms with Crippen molar-refractivity contribution in [3.05, 3.63) is 0 Å². The summed E-state index contributed by atoms with van der Waals surface area (Å²) < 4.78 is 5.54. The van der Waals surface area contributed by atoms with Gasteiger partial charge in [0.25, 0.3) is 0 Å². The average Bonchev–Trinajstić information content (AvgIpc) is 2.27. The van der Waals surface area contributed by atoms with Gasteiger partial charge in [-0.1, -0.05) is 6.92 Å². The lowest BCUT2D eigenvalue weighted by molar-refractivity contribution is -0.0204. The second-order valence-corrected chi connectivity index (χ2v) is 4.85. The number of likely N-dealkylation sites (tertiary alicyclic amines) is 1. The van der Waals surface area contributed by atoms with Crippen LogP contribution in [0.25, 0.3) is 0 Å². The second kappa shape index (κ2) is 5.83. The smallest absolute Gasteiger partial charge is 0.0724 e. The molecule has 1 fully saturated rings. The van der Waals surface area contributed by atoms with E-state index >= 15 is 0 Å². The van der Waals surface area contributed by atoms with Crippen LogP contribution in [-0.4, -0.2) is 50.3 Å². The largest absolute Gasteiger partial charge is 0.380 e. The van der Waals surface area contributed by atoms with Crippen LogP contribution in [-0.2, 0) is 4.74 Å². The van der Waals surface area contributed by atoms with Gasteiger partial charge in [-0.05, 0) is 39.8 Å². The molecule has 4 unspecified atom stereocenters. The highest BCUT2D eigenvalue weighted by atomic mass is 16.5. The van der Waals surface area contributed by atoms with Crippen LogP contribution in [0.2, 0.25) is 0 Å². The Morgan fingerprint density at radius 2 is 2.07 bits per heavy atom. The molecule has 15 heavy (non-hydrogen) atoms. The lowest BCUT2D eigenvalue weighted by atomic mass is 9.94. The van der Waals surface area contributed by atoms with Gasteiger partial charge in [0.1, 0.15) is 0 Å². The summed E-state index contributed by atoms with van der Waals surface area (Å²) in [6.07, 6.45) is 1.66. The van der Waals surface area contributed by atoms with Crippen molar-refractivity contribution < 1.29 is 4.74 Å². The SMILES string of the molecule is CNC(C)C(C)N1CCC(C)C(OC)C1. The molecule has 3 nitrogen and oxygen atoms in total. The number of likely N-dealkylation sites (N-methyl/N-ethyl adjacent to an activating group) is 1. The Morgan fingerprint density at radius 3 is 2.60 bits per heavy atom. The molecule has 1 saturated heterocycles. The summed E-state index contributed by atoms with van der Waals surface area (Å²) in [5, 5.41) is 3.32. The maximum Gasteiger partial charge on any atom is 0.0724 e. The molecule has 1 heterocycles. The number of hydrogen-bond donors (Lipinski definition) is 1. The third kappa shape index (κ3) is 3.16. The van der Waals surface area contributed by atoms with E-state index in [1.807, 2.05) is 14.2 Å². The van der Waals surface area contributed by atoms with E-state index in [1.165, 1.54) is 13.0 Å². The quantitative estimate of drug-likeness (QED) is 0.764. The Kier molecular flexibility index (Phi) is 5.03. The minimum Gasteiger partial charge on any atom is -0.380 e. The molecular formula is C12H26N2O. The third-order valence-electron chi connectivity index (χ3n) is 3.98. The molecular weight excluding hydrogens is 188 g/mol. The molecule has 1 rings (SSSR count). The molecule has 4 atom stereocenters. The van der Waals surface area contributed by atoms with Crippen LogP contribution in [0.5, 0.6) is 0 Å². The monoisotopic (exact) mass is 214 g/mol. The molecule has 1 N–H and O–H groups in total. The van der Waals surface area contributed by atoms with Crippen LogP contribution in [0, 0.1) is 5.92 Å². The molecule has 0 aromatic heterocycles.